The van der Waals surface area contributed by atoms with Gasteiger partial charge in [-0.3, -0.25) is 19.2 Å². The molecule has 0 aliphatic carbocycles. The lowest BCUT2D eigenvalue weighted by atomic mass is 9.93. The van der Waals surface area contributed by atoms with Gasteiger partial charge in [-0.25, -0.2) is 4.79 Å². The number of carbonyl (C=O) groups is 5. The second kappa shape index (κ2) is 14.4. The van der Waals surface area contributed by atoms with Crippen LogP contribution in [0.25, 0.3) is 0 Å². The molecule has 1 aliphatic heterocycles. The van der Waals surface area contributed by atoms with E-state index in [1.54, 1.807) is 5.32 Å². The number of hydrogen-bond donors (Lipinski definition) is 1. The molecule has 0 saturated heterocycles. The fourth-order valence-corrected chi connectivity index (χ4v) is 3.25. The monoisotopic (exact) mass is 541 g/mol. The SMILES string of the molecule is CCCCO[C@@H]1C=C(C(=O)OC)O[C@@H]([C@H](OC(C)=O)[C@@H](COC(C)=O)OC(C)=O)[C@@H]1NC(=O)C(F)(F)F. The number of methoxy groups -OCH3 is 1. The number of ether oxygens (including phenoxy) is 6. The average molecular weight is 541 g/mol. The third kappa shape index (κ3) is 10.3. The van der Waals surface area contributed by atoms with E-state index in [1.807, 2.05) is 6.92 Å². The molecule has 5 atom stereocenters. The van der Waals surface area contributed by atoms with Crippen LogP contribution in [0.1, 0.15) is 40.5 Å². The van der Waals surface area contributed by atoms with Crippen LogP contribution in [0.4, 0.5) is 13.2 Å². The smallest absolute Gasteiger partial charge is 0.471 e. The number of alkyl halides is 3. The van der Waals surface area contributed by atoms with Gasteiger partial charge >= 0.3 is 36.0 Å². The van der Waals surface area contributed by atoms with E-state index < -0.39 is 78.8 Å². The summed E-state index contributed by atoms with van der Waals surface area (Å²) in [4.78, 5) is 59.3. The highest BCUT2D eigenvalue weighted by Gasteiger charge is 2.51. The minimum Gasteiger partial charge on any atom is -0.477 e. The molecule has 0 aromatic rings. The van der Waals surface area contributed by atoms with Crippen LogP contribution in [0.5, 0.6) is 0 Å². The molecule has 0 fully saturated rings. The van der Waals surface area contributed by atoms with Gasteiger partial charge in [0.05, 0.1) is 13.2 Å². The minimum atomic E-state index is -5.32. The second-order valence-electron chi connectivity index (χ2n) is 7.82. The predicted molar refractivity (Wildman–Crippen MR) is 115 cm³/mol. The van der Waals surface area contributed by atoms with E-state index in [0.29, 0.717) is 12.8 Å². The van der Waals surface area contributed by atoms with Crippen molar-refractivity contribution in [1.82, 2.24) is 5.32 Å². The zero-order valence-corrected chi connectivity index (χ0v) is 20.9. The summed E-state index contributed by atoms with van der Waals surface area (Å²) >= 11 is 0. The predicted octanol–water partition coefficient (Wildman–Crippen LogP) is 1.10. The van der Waals surface area contributed by atoms with Gasteiger partial charge in [-0.15, -0.1) is 0 Å². The largest absolute Gasteiger partial charge is 0.477 e. The van der Waals surface area contributed by atoms with Crippen molar-refractivity contribution >= 4 is 29.8 Å². The van der Waals surface area contributed by atoms with E-state index in [9.17, 15) is 37.1 Å². The number of nitrogens with one attached hydrogen (secondary N) is 1. The lowest BCUT2D eigenvalue weighted by Crippen LogP contribution is -2.63. The molecule has 0 spiro atoms. The summed E-state index contributed by atoms with van der Waals surface area (Å²) < 4.78 is 70.5. The van der Waals surface area contributed by atoms with Crippen molar-refractivity contribution in [2.75, 3.05) is 20.3 Å². The van der Waals surface area contributed by atoms with E-state index >= 15 is 0 Å². The number of unbranched alkanes of at least 4 members (excludes halogenated alkanes) is 1. The zero-order valence-electron chi connectivity index (χ0n) is 20.9. The molecule has 1 N–H and O–H groups in total. The lowest BCUT2D eigenvalue weighted by molar-refractivity contribution is -0.194. The Morgan fingerprint density at radius 2 is 1.68 bits per heavy atom. The molecule has 1 aliphatic rings. The molecule has 0 aromatic carbocycles. The van der Waals surface area contributed by atoms with Crippen molar-refractivity contribution in [3.8, 4) is 0 Å². The van der Waals surface area contributed by atoms with Crippen LogP contribution in [0.15, 0.2) is 11.8 Å². The van der Waals surface area contributed by atoms with Gasteiger partial charge in [0.25, 0.3) is 0 Å². The molecule has 0 aromatic heterocycles. The Labute approximate surface area is 210 Å². The molecule has 1 heterocycles. The normalized spacial score (nSPS) is 20.9. The van der Waals surface area contributed by atoms with Gasteiger partial charge in [0.2, 0.25) is 5.76 Å². The van der Waals surface area contributed by atoms with Crippen LogP contribution in [0.2, 0.25) is 0 Å². The molecular formula is C22H30F3NO11. The van der Waals surface area contributed by atoms with E-state index in [4.69, 9.17) is 23.7 Å². The molecule has 0 unspecified atom stereocenters. The fraction of sp³-hybridized carbons (Fsp3) is 0.682. The second-order valence-corrected chi connectivity index (χ2v) is 7.82. The maximum absolute atomic E-state index is 13.2. The first kappa shape index (κ1) is 31.7. The Bertz CT molecular complexity index is 874. The molecule has 15 heteroatoms. The van der Waals surface area contributed by atoms with Crippen LogP contribution in [-0.2, 0) is 52.4 Å². The molecule has 0 radical (unpaired) electrons. The van der Waals surface area contributed by atoms with E-state index in [1.165, 1.54) is 0 Å². The van der Waals surface area contributed by atoms with E-state index in [2.05, 4.69) is 4.74 Å². The average Bonchev–Trinajstić information content (AvgIpc) is 2.79. The van der Waals surface area contributed by atoms with Crippen molar-refractivity contribution in [2.24, 2.45) is 0 Å². The van der Waals surface area contributed by atoms with Gasteiger partial charge in [0, 0.05) is 27.4 Å². The fourth-order valence-electron chi connectivity index (χ4n) is 3.25. The Morgan fingerprint density at radius 1 is 1.05 bits per heavy atom. The Balaban J connectivity index is 3.66. The minimum absolute atomic E-state index is 0.0102. The number of carbonyl (C=O) groups excluding carboxylic acids is 5. The Morgan fingerprint density at radius 3 is 2.16 bits per heavy atom. The lowest BCUT2D eigenvalue weighted by Gasteiger charge is -2.41. The summed E-state index contributed by atoms with van der Waals surface area (Å²) in [6.07, 6.45) is -9.81. The number of halogens is 3. The molecule has 0 saturated carbocycles. The van der Waals surface area contributed by atoms with Gasteiger partial charge in [0.15, 0.2) is 18.3 Å². The van der Waals surface area contributed by atoms with Crippen LogP contribution in [-0.4, -0.2) is 86.7 Å². The van der Waals surface area contributed by atoms with Crippen LogP contribution < -0.4 is 5.32 Å². The van der Waals surface area contributed by atoms with Gasteiger partial charge in [-0.1, -0.05) is 13.3 Å². The van der Waals surface area contributed by atoms with Crippen LogP contribution in [0.3, 0.4) is 0 Å². The van der Waals surface area contributed by atoms with Gasteiger partial charge in [0.1, 0.15) is 12.7 Å². The summed E-state index contributed by atoms with van der Waals surface area (Å²) in [5.41, 5.74) is 0. The maximum Gasteiger partial charge on any atom is 0.471 e. The Kier molecular flexibility index (Phi) is 12.3. The summed E-state index contributed by atoms with van der Waals surface area (Å²) in [6, 6.07) is -1.72. The van der Waals surface area contributed by atoms with E-state index in [0.717, 1.165) is 34.0 Å². The summed E-state index contributed by atoms with van der Waals surface area (Å²) in [7, 11) is 1.01. The van der Waals surface area contributed by atoms with Gasteiger partial charge < -0.3 is 33.7 Å². The molecule has 0 bridgehead atoms. The molecule has 12 nitrogen and oxygen atoms in total. The van der Waals surface area contributed by atoms with Crippen molar-refractivity contribution in [3.63, 3.8) is 0 Å². The number of amides is 1. The highest BCUT2D eigenvalue weighted by molar-refractivity contribution is 5.87. The van der Waals surface area contributed by atoms with Gasteiger partial charge in [-0.2, -0.15) is 13.2 Å². The number of rotatable bonds is 12. The Hall–Kier alpha value is -3.36. The standard InChI is InChI=1S/C22H30F3NO11/c1-6-7-8-33-14-9-15(20(30)32-5)37-19(17(14)26-21(31)22(23,24)25)18(36-13(4)29)16(35-12(3)28)10-34-11(2)27/h9,14,16-19H,6-8,10H2,1-5H3,(H,26,31)/t14-,16-,17-,18-,19-/m1/s1. The summed E-state index contributed by atoms with van der Waals surface area (Å²) in [5, 5.41) is 1.74. The van der Waals surface area contributed by atoms with Crippen molar-refractivity contribution in [2.45, 2.75) is 77.2 Å². The molecular weight excluding hydrogens is 511 g/mol. The summed E-state index contributed by atoms with van der Waals surface area (Å²) in [6.45, 7) is 4.09. The highest BCUT2D eigenvalue weighted by Crippen LogP contribution is 2.29. The molecule has 1 amide bonds. The third-order valence-electron chi connectivity index (χ3n) is 4.80. The maximum atomic E-state index is 13.2. The first-order valence-corrected chi connectivity index (χ1v) is 11.1. The molecule has 1 rings (SSSR count). The van der Waals surface area contributed by atoms with Crippen molar-refractivity contribution in [1.29, 1.82) is 0 Å². The number of esters is 4. The first-order valence-electron chi connectivity index (χ1n) is 11.1. The molecule has 37 heavy (non-hydrogen) atoms. The van der Waals surface area contributed by atoms with Crippen molar-refractivity contribution in [3.05, 3.63) is 11.8 Å². The van der Waals surface area contributed by atoms with Crippen LogP contribution >= 0.6 is 0 Å². The number of hydrogen-bond acceptors (Lipinski definition) is 11. The third-order valence-corrected chi connectivity index (χ3v) is 4.80. The van der Waals surface area contributed by atoms with E-state index in [-0.39, 0.29) is 6.61 Å². The zero-order chi connectivity index (χ0) is 28.3. The van der Waals surface area contributed by atoms with Crippen molar-refractivity contribution < 1.29 is 65.6 Å². The highest BCUT2D eigenvalue weighted by atomic mass is 19.4. The van der Waals surface area contributed by atoms with Gasteiger partial charge in [-0.05, 0) is 12.5 Å². The first-order chi connectivity index (χ1) is 17.2. The summed E-state index contributed by atoms with van der Waals surface area (Å²) in [5.74, 6) is -6.71. The topological polar surface area (TPSA) is 153 Å². The molecule has 210 valence electrons. The van der Waals surface area contributed by atoms with Crippen LogP contribution in [0, 0.1) is 0 Å². The quantitative estimate of drug-likeness (QED) is 0.215.